The van der Waals surface area contributed by atoms with Crippen LogP contribution in [0.4, 0.5) is 0 Å². The summed E-state index contributed by atoms with van der Waals surface area (Å²) in [6, 6.07) is 11.9. The molecule has 0 amide bonds. The zero-order valence-corrected chi connectivity index (χ0v) is 13.9. The molecule has 0 saturated carbocycles. The SMILES string of the molecule is C[C@@H](O)c1ccc(Sc2ccc3c(c2)OCCO3)cc1Br. The van der Waals surface area contributed by atoms with Crippen molar-refractivity contribution in [1.29, 1.82) is 0 Å². The first-order chi connectivity index (χ1) is 10.1. The Morgan fingerprint density at radius 3 is 2.43 bits per heavy atom. The van der Waals surface area contributed by atoms with Gasteiger partial charge in [0, 0.05) is 14.3 Å². The number of fused-ring (bicyclic) bond motifs is 1. The second kappa shape index (κ2) is 6.30. The standard InChI is InChI=1S/C16H15BrO3S/c1-10(18)13-4-2-11(8-14(13)17)21-12-3-5-15-16(9-12)20-7-6-19-15/h2-5,8-10,18H,6-7H2,1H3/t10-/m1/s1. The summed E-state index contributed by atoms with van der Waals surface area (Å²) in [5.74, 6) is 1.60. The lowest BCUT2D eigenvalue weighted by atomic mass is 10.1. The fourth-order valence-corrected chi connectivity index (χ4v) is 3.88. The van der Waals surface area contributed by atoms with Gasteiger partial charge in [-0.15, -0.1) is 0 Å². The van der Waals surface area contributed by atoms with Crippen molar-refractivity contribution in [3.05, 3.63) is 46.4 Å². The minimum Gasteiger partial charge on any atom is -0.486 e. The minimum absolute atomic E-state index is 0.479. The summed E-state index contributed by atoms with van der Waals surface area (Å²) >= 11 is 5.15. The van der Waals surface area contributed by atoms with Crippen LogP contribution in [0.2, 0.25) is 0 Å². The zero-order valence-electron chi connectivity index (χ0n) is 11.5. The fourth-order valence-electron chi connectivity index (χ4n) is 2.13. The van der Waals surface area contributed by atoms with Crippen molar-refractivity contribution in [2.24, 2.45) is 0 Å². The van der Waals surface area contributed by atoms with Crippen LogP contribution in [0, 0.1) is 0 Å². The third-order valence-corrected chi connectivity index (χ3v) is 4.84. The van der Waals surface area contributed by atoms with Crippen molar-refractivity contribution < 1.29 is 14.6 Å². The molecule has 1 aliphatic heterocycles. The maximum absolute atomic E-state index is 9.65. The Balaban J connectivity index is 1.82. The van der Waals surface area contributed by atoms with E-state index >= 15 is 0 Å². The Hall–Kier alpha value is -1.17. The second-order valence-corrected chi connectivity index (χ2v) is 6.77. The Labute approximate surface area is 136 Å². The molecule has 0 fully saturated rings. The van der Waals surface area contributed by atoms with Gasteiger partial charge in [-0.25, -0.2) is 0 Å². The summed E-state index contributed by atoms with van der Waals surface area (Å²) in [4.78, 5) is 2.19. The minimum atomic E-state index is -0.479. The van der Waals surface area contributed by atoms with Gasteiger partial charge in [0.15, 0.2) is 11.5 Å². The molecule has 110 valence electrons. The van der Waals surface area contributed by atoms with E-state index in [1.54, 1.807) is 18.7 Å². The molecule has 0 radical (unpaired) electrons. The number of rotatable bonds is 3. The first-order valence-electron chi connectivity index (χ1n) is 6.68. The highest BCUT2D eigenvalue weighted by molar-refractivity contribution is 9.10. The summed E-state index contributed by atoms with van der Waals surface area (Å²) in [6.45, 7) is 2.96. The smallest absolute Gasteiger partial charge is 0.162 e. The van der Waals surface area contributed by atoms with E-state index < -0.39 is 6.10 Å². The molecule has 0 bridgehead atoms. The highest BCUT2D eigenvalue weighted by Gasteiger charge is 2.13. The van der Waals surface area contributed by atoms with Crippen LogP contribution in [0.3, 0.4) is 0 Å². The van der Waals surface area contributed by atoms with E-state index in [9.17, 15) is 5.11 Å². The quantitative estimate of drug-likeness (QED) is 0.872. The molecule has 0 unspecified atom stereocenters. The maximum atomic E-state index is 9.65. The van der Waals surface area contributed by atoms with Crippen LogP contribution < -0.4 is 9.47 Å². The predicted molar refractivity (Wildman–Crippen MR) is 86.3 cm³/mol. The van der Waals surface area contributed by atoms with Gasteiger partial charge in [-0.1, -0.05) is 33.8 Å². The van der Waals surface area contributed by atoms with Crippen molar-refractivity contribution in [2.75, 3.05) is 13.2 Å². The molecule has 1 N–H and O–H groups in total. The molecule has 2 aromatic rings. The van der Waals surface area contributed by atoms with Crippen LogP contribution in [0.5, 0.6) is 11.5 Å². The largest absolute Gasteiger partial charge is 0.486 e. The molecule has 0 spiro atoms. The van der Waals surface area contributed by atoms with Crippen LogP contribution in [0.25, 0.3) is 0 Å². The molecule has 5 heteroatoms. The van der Waals surface area contributed by atoms with Crippen LogP contribution in [0.15, 0.2) is 50.7 Å². The van der Waals surface area contributed by atoms with Gasteiger partial charge in [0.05, 0.1) is 6.10 Å². The molecule has 1 heterocycles. The summed E-state index contributed by atoms with van der Waals surface area (Å²) < 4.78 is 12.0. The Morgan fingerprint density at radius 1 is 1.05 bits per heavy atom. The molecule has 0 saturated heterocycles. The molecule has 1 aliphatic rings. The maximum Gasteiger partial charge on any atom is 0.162 e. The topological polar surface area (TPSA) is 38.7 Å². The van der Waals surface area contributed by atoms with E-state index in [1.807, 2.05) is 36.4 Å². The number of aliphatic hydroxyl groups excluding tert-OH is 1. The molecule has 3 rings (SSSR count). The number of aliphatic hydroxyl groups is 1. The summed E-state index contributed by atoms with van der Waals surface area (Å²) in [5, 5.41) is 9.65. The number of hydrogen-bond donors (Lipinski definition) is 1. The molecule has 0 aromatic heterocycles. The van der Waals surface area contributed by atoms with E-state index in [0.717, 1.165) is 31.3 Å². The van der Waals surface area contributed by atoms with Crippen LogP contribution >= 0.6 is 27.7 Å². The van der Waals surface area contributed by atoms with E-state index in [1.165, 1.54) is 0 Å². The Bertz CT molecular complexity index is 658. The van der Waals surface area contributed by atoms with Gasteiger partial charge in [-0.05, 0) is 42.8 Å². The van der Waals surface area contributed by atoms with Crippen molar-refractivity contribution >= 4 is 27.7 Å². The summed E-state index contributed by atoms with van der Waals surface area (Å²) in [6.07, 6.45) is -0.479. The number of halogens is 1. The molecule has 1 atom stereocenters. The Morgan fingerprint density at radius 2 is 1.71 bits per heavy atom. The molecular formula is C16H15BrO3S. The van der Waals surface area contributed by atoms with E-state index in [4.69, 9.17) is 9.47 Å². The number of ether oxygens (including phenoxy) is 2. The summed E-state index contributed by atoms with van der Waals surface area (Å²) in [7, 11) is 0. The van der Waals surface area contributed by atoms with Gasteiger partial charge in [0.25, 0.3) is 0 Å². The lowest BCUT2D eigenvalue weighted by Gasteiger charge is -2.18. The molecule has 0 aliphatic carbocycles. The van der Waals surface area contributed by atoms with Crippen LogP contribution in [-0.4, -0.2) is 18.3 Å². The lowest BCUT2D eigenvalue weighted by molar-refractivity contribution is 0.171. The van der Waals surface area contributed by atoms with Gasteiger partial charge < -0.3 is 14.6 Å². The lowest BCUT2D eigenvalue weighted by Crippen LogP contribution is -2.15. The molecule has 21 heavy (non-hydrogen) atoms. The number of benzene rings is 2. The second-order valence-electron chi connectivity index (χ2n) is 4.77. The third-order valence-electron chi connectivity index (χ3n) is 3.17. The van der Waals surface area contributed by atoms with Crippen molar-refractivity contribution in [2.45, 2.75) is 22.8 Å². The van der Waals surface area contributed by atoms with Gasteiger partial charge in [-0.3, -0.25) is 0 Å². The van der Waals surface area contributed by atoms with E-state index in [0.29, 0.717) is 13.2 Å². The highest BCUT2D eigenvalue weighted by atomic mass is 79.9. The zero-order chi connectivity index (χ0) is 14.8. The van der Waals surface area contributed by atoms with Gasteiger partial charge in [0.1, 0.15) is 13.2 Å². The van der Waals surface area contributed by atoms with E-state index in [2.05, 4.69) is 15.9 Å². The Kier molecular flexibility index (Phi) is 4.42. The first-order valence-corrected chi connectivity index (χ1v) is 8.29. The van der Waals surface area contributed by atoms with Crippen LogP contribution in [0.1, 0.15) is 18.6 Å². The van der Waals surface area contributed by atoms with Gasteiger partial charge >= 0.3 is 0 Å². The normalized spacial score (nSPS) is 14.8. The van der Waals surface area contributed by atoms with Crippen molar-refractivity contribution in [3.8, 4) is 11.5 Å². The average molecular weight is 367 g/mol. The predicted octanol–water partition coefficient (Wildman–Crippen LogP) is 4.42. The molecule has 2 aromatic carbocycles. The van der Waals surface area contributed by atoms with Crippen LogP contribution in [-0.2, 0) is 0 Å². The number of hydrogen-bond acceptors (Lipinski definition) is 4. The van der Waals surface area contributed by atoms with Gasteiger partial charge in [-0.2, -0.15) is 0 Å². The summed E-state index contributed by atoms with van der Waals surface area (Å²) in [5.41, 5.74) is 0.890. The monoisotopic (exact) mass is 366 g/mol. The van der Waals surface area contributed by atoms with Crippen molar-refractivity contribution in [3.63, 3.8) is 0 Å². The van der Waals surface area contributed by atoms with E-state index in [-0.39, 0.29) is 0 Å². The molecule has 3 nitrogen and oxygen atoms in total. The van der Waals surface area contributed by atoms with Crippen molar-refractivity contribution in [1.82, 2.24) is 0 Å². The third kappa shape index (κ3) is 3.36. The fraction of sp³-hybridized carbons (Fsp3) is 0.250. The average Bonchev–Trinajstić information content (AvgIpc) is 2.47. The highest BCUT2D eigenvalue weighted by Crippen LogP contribution is 2.38. The molecular weight excluding hydrogens is 352 g/mol. The van der Waals surface area contributed by atoms with Gasteiger partial charge in [0.2, 0.25) is 0 Å². The first kappa shape index (κ1) is 14.8.